The third-order valence-electron chi connectivity index (χ3n) is 0.932. The fraction of sp³-hybridized carbons (Fsp3) is 0. The van der Waals surface area contributed by atoms with Gasteiger partial charge < -0.3 is 4.74 Å². The van der Waals surface area contributed by atoms with Crippen LogP contribution in [-0.4, -0.2) is 6.40 Å². The van der Waals surface area contributed by atoms with Gasteiger partial charge >= 0.3 is 0 Å². The highest BCUT2D eigenvalue weighted by Crippen LogP contribution is 2.05. The van der Waals surface area contributed by atoms with E-state index < -0.39 is 0 Å². The topological polar surface area (TPSA) is 31.5 Å². The normalized spacial score (nSPS) is 8.44. The molecule has 0 N–H and O–H groups in total. The van der Waals surface area contributed by atoms with Gasteiger partial charge in [-0.3, -0.25) is 0 Å². The van der Waals surface area contributed by atoms with Gasteiger partial charge in [-0.1, -0.05) is 18.2 Å². The lowest BCUT2D eigenvalue weighted by molar-refractivity contribution is 0.575. The molecule has 0 atom stereocenters. The maximum Gasteiger partial charge on any atom is 0.201 e. The van der Waals surface area contributed by atoms with E-state index in [1.807, 2.05) is 18.2 Å². The molecule has 2 heteroatoms. The molecule has 9 heavy (non-hydrogen) atoms. The smallest absolute Gasteiger partial charge is 0.201 e. The summed E-state index contributed by atoms with van der Waals surface area (Å²) in [6, 6.07) is 9.06. The van der Waals surface area contributed by atoms with Gasteiger partial charge in [0, 0.05) is 0 Å². The van der Waals surface area contributed by atoms with Crippen LogP contribution in [0.5, 0.6) is 5.75 Å². The van der Waals surface area contributed by atoms with Gasteiger partial charge in [-0.25, -0.2) is 0 Å². The lowest BCUT2D eigenvalue weighted by Gasteiger charge is -1.93. The first-order valence-electron chi connectivity index (χ1n) is 2.61. The predicted octanol–water partition coefficient (Wildman–Crippen LogP) is 0.894. The summed E-state index contributed by atoms with van der Waals surface area (Å²) in [6.07, 6.45) is 0.662. The molecule has 1 aromatic carbocycles. The minimum Gasteiger partial charge on any atom is -0.444 e. The second-order valence-corrected chi connectivity index (χ2v) is 1.54. The standard InChI is InChI=1S/C7H6NO/c8-6-9-7-4-2-1-3-5-7/h1-6H. The number of nitrogens with zero attached hydrogens (tertiary/aromatic N) is 1. The molecule has 0 unspecified atom stereocenters. The Morgan fingerprint density at radius 1 is 1.22 bits per heavy atom. The first-order valence-corrected chi connectivity index (χ1v) is 2.61. The number of ether oxygens (including phenoxy) is 1. The Hall–Kier alpha value is -1.31. The van der Waals surface area contributed by atoms with Gasteiger partial charge in [0.2, 0.25) is 6.40 Å². The number of hydrogen-bond donors (Lipinski definition) is 0. The van der Waals surface area contributed by atoms with Crippen molar-refractivity contribution in [2.75, 3.05) is 0 Å². The van der Waals surface area contributed by atoms with Crippen LogP contribution < -0.4 is 10.1 Å². The first-order chi connectivity index (χ1) is 4.43. The highest BCUT2D eigenvalue weighted by molar-refractivity contribution is 5.48. The molecule has 1 aromatic rings. The molecule has 1 radical (unpaired) electrons. The van der Waals surface area contributed by atoms with E-state index in [4.69, 9.17) is 5.41 Å². The van der Waals surface area contributed by atoms with Crippen molar-refractivity contribution < 1.29 is 4.74 Å². The zero-order valence-electron chi connectivity index (χ0n) is 4.82. The highest BCUT2D eigenvalue weighted by Gasteiger charge is 1.83. The molecule has 2 nitrogen and oxygen atoms in total. The first kappa shape index (κ1) is 5.82. The fourth-order valence-electron chi connectivity index (χ4n) is 0.560. The molecule has 0 bridgehead atoms. The maximum atomic E-state index is 8.17. The van der Waals surface area contributed by atoms with Gasteiger partial charge in [-0.05, 0) is 12.1 Å². The van der Waals surface area contributed by atoms with Crippen LogP contribution in [0.25, 0.3) is 0 Å². The van der Waals surface area contributed by atoms with Crippen molar-refractivity contribution in [3.63, 3.8) is 0 Å². The van der Waals surface area contributed by atoms with E-state index in [1.165, 1.54) is 0 Å². The molecule has 0 aliphatic heterocycles. The molecule has 0 aromatic heterocycles. The molecule has 0 amide bonds. The predicted molar refractivity (Wildman–Crippen MR) is 35.3 cm³/mol. The van der Waals surface area contributed by atoms with Crippen molar-refractivity contribution in [2.45, 2.75) is 0 Å². The Labute approximate surface area is 53.6 Å². The average molecular weight is 120 g/mol. The summed E-state index contributed by atoms with van der Waals surface area (Å²) in [6.45, 7) is 0. The van der Waals surface area contributed by atoms with Crippen LogP contribution >= 0.6 is 0 Å². The lowest BCUT2D eigenvalue weighted by Crippen LogP contribution is -1.87. The van der Waals surface area contributed by atoms with Gasteiger partial charge in [-0.2, -0.15) is 0 Å². The molecule has 0 saturated heterocycles. The third kappa shape index (κ3) is 1.57. The van der Waals surface area contributed by atoms with Crippen molar-refractivity contribution >= 4 is 6.40 Å². The second kappa shape index (κ2) is 2.87. The third-order valence-corrected chi connectivity index (χ3v) is 0.932. The number of hydrogen-bond acceptors (Lipinski definition) is 1. The van der Waals surface area contributed by atoms with E-state index in [0.717, 1.165) is 0 Å². The van der Waals surface area contributed by atoms with Crippen LogP contribution in [0.1, 0.15) is 0 Å². The van der Waals surface area contributed by atoms with Gasteiger partial charge in [0.25, 0.3) is 0 Å². The van der Waals surface area contributed by atoms with Crippen LogP contribution in [0.2, 0.25) is 0 Å². The van der Waals surface area contributed by atoms with Crippen molar-refractivity contribution in [1.82, 2.24) is 5.41 Å². The minimum atomic E-state index is 0.639. The molecule has 0 heterocycles. The summed E-state index contributed by atoms with van der Waals surface area (Å²) >= 11 is 0. The number of rotatable bonds is 2. The van der Waals surface area contributed by atoms with Crippen molar-refractivity contribution in [2.24, 2.45) is 0 Å². The highest BCUT2D eigenvalue weighted by atomic mass is 16.5. The molecule has 1 rings (SSSR count). The van der Waals surface area contributed by atoms with Gasteiger partial charge in [0.15, 0.2) is 0 Å². The summed E-state index contributed by atoms with van der Waals surface area (Å²) in [5.74, 6) is 0.639. The SMILES string of the molecule is [N]=COc1ccccc1. The Kier molecular flexibility index (Phi) is 1.85. The van der Waals surface area contributed by atoms with Crippen LogP contribution in [0.3, 0.4) is 0 Å². The maximum absolute atomic E-state index is 8.17. The molecular formula is C7H6NO. The van der Waals surface area contributed by atoms with Gasteiger partial charge in [-0.15, -0.1) is 5.41 Å². The van der Waals surface area contributed by atoms with Crippen LogP contribution in [-0.2, 0) is 0 Å². The average Bonchev–Trinajstić information content (AvgIpc) is 1.91. The van der Waals surface area contributed by atoms with Crippen molar-refractivity contribution in [3.05, 3.63) is 30.3 Å². The quantitative estimate of drug-likeness (QED) is 0.421. The van der Waals surface area contributed by atoms with Gasteiger partial charge in [0.05, 0.1) is 0 Å². The summed E-state index contributed by atoms with van der Waals surface area (Å²) in [5, 5.41) is 8.17. The monoisotopic (exact) mass is 120 g/mol. The van der Waals surface area contributed by atoms with Crippen LogP contribution in [0, 0.1) is 0 Å². The Morgan fingerprint density at radius 3 is 2.44 bits per heavy atom. The van der Waals surface area contributed by atoms with Crippen molar-refractivity contribution in [3.8, 4) is 5.75 Å². The van der Waals surface area contributed by atoms with E-state index in [2.05, 4.69) is 4.74 Å². The zero-order chi connectivity index (χ0) is 6.53. The number of benzene rings is 1. The molecule has 45 valence electrons. The molecule has 0 spiro atoms. The second-order valence-electron chi connectivity index (χ2n) is 1.54. The van der Waals surface area contributed by atoms with E-state index in [0.29, 0.717) is 12.2 Å². The van der Waals surface area contributed by atoms with Crippen molar-refractivity contribution in [1.29, 1.82) is 0 Å². The fourth-order valence-corrected chi connectivity index (χ4v) is 0.560. The van der Waals surface area contributed by atoms with Gasteiger partial charge in [0.1, 0.15) is 5.75 Å². The summed E-state index contributed by atoms with van der Waals surface area (Å²) < 4.78 is 4.64. The van der Waals surface area contributed by atoms with E-state index in [9.17, 15) is 0 Å². The van der Waals surface area contributed by atoms with E-state index in [1.54, 1.807) is 12.1 Å². The molecule has 0 aliphatic rings. The Bertz CT molecular complexity index is 183. The van der Waals surface area contributed by atoms with E-state index >= 15 is 0 Å². The number of para-hydroxylation sites is 1. The molecular weight excluding hydrogens is 114 g/mol. The van der Waals surface area contributed by atoms with E-state index in [-0.39, 0.29) is 0 Å². The largest absolute Gasteiger partial charge is 0.444 e. The molecule has 0 saturated carbocycles. The lowest BCUT2D eigenvalue weighted by atomic mass is 10.3. The van der Waals surface area contributed by atoms with Crippen LogP contribution in [0.15, 0.2) is 30.3 Å². The summed E-state index contributed by atoms with van der Waals surface area (Å²) in [5.41, 5.74) is 0. The summed E-state index contributed by atoms with van der Waals surface area (Å²) in [4.78, 5) is 0. The molecule has 0 fully saturated rings. The summed E-state index contributed by atoms with van der Waals surface area (Å²) in [7, 11) is 0. The zero-order valence-corrected chi connectivity index (χ0v) is 4.82. The molecule has 0 aliphatic carbocycles. The Balaban J connectivity index is 2.72. The minimum absolute atomic E-state index is 0.639. The Morgan fingerprint density at radius 2 is 1.89 bits per heavy atom. The van der Waals surface area contributed by atoms with Crippen LogP contribution in [0.4, 0.5) is 0 Å².